The molecule has 0 bridgehead atoms. The molecule has 1 amide bonds. The normalized spacial score (nSPS) is 16.8. The number of hydrogen-bond acceptors (Lipinski definition) is 4. The lowest BCUT2D eigenvalue weighted by atomic mass is 10.4. The highest BCUT2D eigenvalue weighted by Gasteiger charge is 2.12. The second kappa shape index (κ2) is 4.06. The van der Waals surface area contributed by atoms with Crippen molar-refractivity contribution in [2.24, 2.45) is 15.7 Å². The van der Waals surface area contributed by atoms with Crippen molar-refractivity contribution in [3.8, 4) is 0 Å². The van der Waals surface area contributed by atoms with Gasteiger partial charge in [-0.25, -0.2) is 4.99 Å². The van der Waals surface area contributed by atoms with Gasteiger partial charge in [0, 0.05) is 5.75 Å². The Morgan fingerprint density at radius 2 is 2.42 bits per heavy atom. The monoisotopic (exact) mass is 183 g/mol. The van der Waals surface area contributed by atoms with Gasteiger partial charge in [0.05, 0.1) is 6.42 Å². The second-order valence-electron chi connectivity index (χ2n) is 2.17. The van der Waals surface area contributed by atoms with Gasteiger partial charge in [-0.1, -0.05) is 17.8 Å². The van der Waals surface area contributed by atoms with Crippen LogP contribution in [0, 0.1) is 0 Å². The molecule has 0 radical (unpaired) electrons. The Balaban J connectivity index is 2.62. The number of amidine groups is 2. The molecule has 0 aromatic heterocycles. The first-order valence-corrected chi connectivity index (χ1v) is 4.39. The molecule has 0 aromatic rings. The van der Waals surface area contributed by atoms with Gasteiger partial charge in [-0.15, -0.1) is 6.58 Å². The van der Waals surface area contributed by atoms with Gasteiger partial charge in [0.1, 0.15) is 5.84 Å². The quantitative estimate of drug-likeness (QED) is 0.635. The topological polar surface area (TPSA) is 67.8 Å². The van der Waals surface area contributed by atoms with Gasteiger partial charge in [0.15, 0.2) is 5.17 Å². The third kappa shape index (κ3) is 2.50. The summed E-state index contributed by atoms with van der Waals surface area (Å²) in [6.45, 7) is 3.54. The summed E-state index contributed by atoms with van der Waals surface area (Å²) in [5.74, 6) is 0.790. The molecule has 1 rings (SSSR count). The molecule has 0 fully saturated rings. The van der Waals surface area contributed by atoms with Crippen molar-refractivity contribution in [2.75, 3.05) is 5.75 Å². The zero-order valence-corrected chi connectivity index (χ0v) is 7.30. The Bertz CT molecular complexity index is 270. The van der Waals surface area contributed by atoms with E-state index in [1.165, 1.54) is 11.8 Å². The van der Waals surface area contributed by atoms with Crippen molar-refractivity contribution in [3.05, 3.63) is 12.7 Å². The highest BCUT2D eigenvalue weighted by Crippen LogP contribution is 2.10. The molecule has 0 spiro atoms. The van der Waals surface area contributed by atoms with Crippen LogP contribution in [0.5, 0.6) is 0 Å². The summed E-state index contributed by atoms with van der Waals surface area (Å²) in [7, 11) is 0. The maximum Gasteiger partial charge on any atom is 0.255 e. The first-order chi connectivity index (χ1) is 5.72. The standard InChI is InChI=1S/C7H9N3OS/c1-2-3-12-7-9-5(8)4-6(11)10-7/h2H,1,3-4H2,(H2,8,9,10,11). The summed E-state index contributed by atoms with van der Waals surface area (Å²) < 4.78 is 0. The van der Waals surface area contributed by atoms with E-state index in [9.17, 15) is 4.79 Å². The van der Waals surface area contributed by atoms with Crippen LogP contribution in [0.25, 0.3) is 0 Å². The van der Waals surface area contributed by atoms with Crippen LogP contribution in [-0.2, 0) is 4.79 Å². The summed E-state index contributed by atoms with van der Waals surface area (Å²) >= 11 is 1.35. The molecule has 0 unspecified atom stereocenters. The minimum atomic E-state index is -0.228. The number of thioether (sulfide) groups is 1. The van der Waals surface area contributed by atoms with Crippen molar-refractivity contribution in [3.63, 3.8) is 0 Å². The fraction of sp³-hybridized carbons (Fsp3) is 0.286. The van der Waals surface area contributed by atoms with E-state index < -0.39 is 0 Å². The molecule has 1 aliphatic heterocycles. The second-order valence-corrected chi connectivity index (χ2v) is 3.15. The van der Waals surface area contributed by atoms with E-state index in [1.54, 1.807) is 6.08 Å². The Morgan fingerprint density at radius 3 is 3.00 bits per heavy atom. The van der Waals surface area contributed by atoms with Crippen molar-refractivity contribution >= 4 is 28.7 Å². The summed E-state index contributed by atoms with van der Waals surface area (Å²) in [5, 5.41) is 0.434. The van der Waals surface area contributed by atoms with Gasteiger partial charge in [-0.2, -0.15) is 4.99 Å². The average molecular weight is 183 g/mol. The molecule has 0 aromatic carbocycles. The fourth-order valence-electron chi connectivity index (χ4n) is 0.687. The lowest BCUT2D eigenvalue weighted by Crippen LogP contribution is -2.21. The molecule has 5 heteroatoms. The largest absolute Gasteiger partial charge is 0.387 e. The molecular weight excluding hydrogens is 174 g/mol. The number of nitrogens with two attached hydrogens (primary N) is 1. The Hall–Kier alpha value is -1.10. The highest BCUT2D eigenvalue weighted by atomic mass is 32.2. The van der Waals surface area contributed by atoms with Crippen molar-refractivity contribution in [1.29, 1.82) is 0 Å². The summed E-state index contributed by atoms with van der Waals surface area (Å²) in [6.07, 6.45) is 1.86. The number of nitrogens with zero attached hydrogens (tertiary/aromatic N) is 2. The molecule has 2 N–H and O–H groups in total. The van der Waals surface area contributed by atoms with Crippen LogP contribution in [0.3, 0.4) is 0 Å². The first-order valence-electron chi connectivity index (χ1n) is 3.40. The highest BCUT2D eigenvalue weighted by molar-refractivity contribution is 8.14. The van der Waals surface area contributed by atoms with E-state index in [0.29, 0.717) is 16.8 Å². The van der Waals surface area contributed by atoms with E-state index in [1.807, 2.05) is 0 Å². The Kier molecular flexibility index (Phi) is 3.04. The smallest absolute Gasteiger partial charge is 0.255 e. The van der Waals surface area contributed by atoms with E-state index >= 15 is 0 Å². The van der Waals surface area contributed by atoms with Crippen LogP contribution in [0.4, 0.5) is 0 Å². The molecular formula is C7H9N3OS. The minimum Gasteiger partial charge on any atom is -0.387 e. The first kappa shape index (κ1) is 8.99. The number of carbonyl (C=O) groups excluding carboxylic acids is 1. The summed E-state index contributed by atoms with van der Waals surface area (Å²) in [5.41, 5.74) is 5.40. The number of rotatable bonds is 2. The number of carbonyl (C=O) groups is 1. The van der Waals surface area contributed by atoms with Crippen molar-refractivity contribution in [1.82, 2.24) is 0 Å². The van der Waals surface area contributed by atoms with E-state index in [4.69, 9.17) is 5.73 Å². The molecule has 0 saturated heterocycles. The van der Waals surface area contributed by atoms with Crippen LogP contribution in [-0.4, -0.2) is 22.7 Å². The molecule has 1 aliphatic rings. The van der Waals surface area contributed by atoms with Gasteiger partial charge < -0.3 is 5.73 Å². The Labute approximate surface area is 74.6 Å². The molecule has 4 nitrogen and oxygen atoms in total. The predicted molar refractivity (Wildman–Crippen MR) is 51.3 cm³/mol. The van der Waals surface area contributed by atoms with Gasteiger partial charge in [0.2, 0.25) is 0 Å². The molecule has 0 aliphatic carbocycles. The SMILES string of the molecule is C=CCSC1=NC(=O)CC(N)=N1. The number of hydrogen-bond donors (Lipinski definition) is 1. The maximum atomic E-state index is 10.9. The molecule has 1 heterocycles. The average Bonchev–Trinajstić information content (AvgIpc) is 1.99. The number of amides is 1. The number of aliphatic imine (C=N–C) groups is 2. The zero-order chi connectivity index (χ0) is 8.97. The zero-order valence-electron chi connectivity index (χ0n) is 6.49. The van der Waals surface area contributed by atoms with Crippen LogP contribution in [0.2, 0.25) is 0 Å². The molecule has 12 heavy (non-hydrogen) atoms. The third-order valence-electron chi connectivity index (χ3n) is 1.12. The van der Waals surface area contributed by atoms with E-state index in [0.717, 1.165) is 0 Å². The van der Waals surface area contributed by atoms with Crippen LogP contribution in [0.1, 0.15) is 6.42 Å². The fourth-order valence-corrected chi connectivity index (χ4v) is 1.30. The minimum absolute atomic E-state index is 0.137. The lowest BCUT2D eigenvalue weighted by Gasteiger charge is -2.05. The molecule has 0 saturated carbocycles. The predicted octanol–water partition coefficient (Wildman–Crippen LogP) is 0.549. The lowest BCUT2D eigenvalue weighted by molar-refractivity contribution is -0.116. The molecule has 0 atom stereocenters. The van der Waals surface area contributed by atoms with Gasteiger partial charge in [0.25, 0.3) is 5.91 Å². The van der Waals surface area contributed by atoms with Crippen LogP contribution >= 0.6 is 11.8 Å². The van der Waals surface area contributed by atoms with Gasteiger partial charge in [-0.3, -0.25) is 4.79 Å². The Morgan fingerprint density at radius 1 is 1.67 bits per heavy atom. The van der Waals surface area contributed by atoms with Crippen LogP contribution < -0.4 is 5.73 Å². The van der Waals surface area contributed by atoms with Crippen LogP contribution in [0.15, 0.2) is 22.6 Å². The molecule has 64 valence electrons. The third-order valence-corrected chi connectivity index (χ3v) is 1.97. The van der Waals surface area contributed by atoms with Gasteiger partial charge in [-0.05, 0) is 0 Å². The van der Waals surface area contributed by atoms with E-state index in [2.05, 4.69) is 16.6 Å². The van der Waals surface area contributed by atoms with E-state index in [-0.39, 0.29) is 12.3 Å². The maximum absolute atomic E-state index is 10.9. The summed E-state index contributed by atoms with van der Waals surface area (Å²) in [4.78, 5) is 18.5. The summed E-state index contributed by atoms with van der Waals surface area (Å²) in [6, 6.07) is 0. The van der Waals surface area contributed by atoms with Gasteiger partial charge >= 0.3 is 0 Å². The van der Waals surface area contributed by atoms with Crippen molar-refractivity contribution < 1.29 is 4.79 Å². The van der Waals surface area contributed by atoms with Crippen molar-refractivity contribution in [2.45, 2.75) is 6.42 Å².